The van der Waals surface area contributed by atoms with E-state index in [9.17, 15) is 4.79 Å². The highest BCUT2D eigenvalue weighted by Crippen LogP contribution is 2.59. The van der Waals surface area contributed by atoms with Crippen LogP contribution >= 0.6 is 0 Å². The maximum Gasteiger partial charge on any atom is 0.225 e. The Morgan fingerprint density at radius 2 is 2.00 bits per heavy atom. The molecule has 1 heterocycles. The third-order valence-electron chi connectivity index (χ3n) is 7.98. The van der Waals surface area contributed by atoms with E-state index in [1.54, 1.807) is 5.57 Å². The number of rotatable bonds is 7. The fourth-order valence-electron chi connectivity index (χ4n) is 5.88. The molecule has 2 unspecified atom stereocenters. The van der Waals surface area contributed by atoms with Crippen LogP contribution in [-0.4, -0.2) is 61.6 Å². The molecule has 5 rings (SSSR count). The normalized spacial score (nSPS) is 30.7. The lowest BCUT2D eigenvalue weighted by Gasteiger charge is -2.57. The van der Waals surface area contributed by atoms with Crippen molar-refractivity contribution in [1.82, 2.24) is 9.80 Å². The zero-order chi connectivity index (χ0) is 18.9. The number of fused-ring (bicyclic) bond motifs is 1. The second kappa shape index (κ2) is 8.24. The average Bonchev–Trinajstić information content (AvgIpc) is 3.22. The molecule has 27 heavy (non-hydrogen) atoms. The summed E-state index contributed by atoms with van der Waals surface area (Å²) in [5.41, 5.74) is 2.00. The summed E-state index contributed by atoms with van der Waals surface area (Å²) in [5, 5.41) is 0. The van der Waals surface area contributed by atoms with E-state index >= 15 is 0 Å². The molecule has 152 valence electrons. The molecule has 2 bridgehead atoms. The Hall–Kier alpha value is -0.870. The Kier molecular flexibility index (Phi) is 5.94. The summed E-state index contributed by atoms with van der Waals surface area (Å²) in [7, 11) is 0. The summed E-state index contributed by atoms with van der Waals surface area (Å²) in [4.78, 5) is 18.0. The summed E-state index contributed by atoms with van der Waals surface area (Å²) in [6.07, 6.45) is 10.8. The molecule has 1 aliphatic heterocycles. The first kappa shape index (κ1) is 19.4. The summed E-state index contributed by atoms with van der Waals surface area (Å²) in [5.74, 6) is 2.30. The van der Waals surface area contributed by atoms with E-state index in [0.29, 0.717) is 23.2 Å². The number of hydrogen-bond donors (Lipinski definition) is 0. The van der Waals surface area contributed by atoms with Gasteiger partial charge < -0.3 is 9.64 Å². The average molecular weight is 375 g/mol. The van der Waals surface area contributed by atoms with Crippen LogP contribution < -0.4 is 0 Å². The molecular formula is C23H38N2O2. The van der Waals surface area contributed by atoms with Crippen molar-refractivity contribution in [3.8, 4) is 0 Å². The minimum atomic E-state index is 0.291. The third kappa shape index (κ3) is 4.12. The van der Waals surface area contributed by atoms with Crippen LogP contribution in [0.1, 0.15) is 58.8 Å². The number of hydrogen-bond acceptors (Lipinski definition) is 3. The van der Waals surface area contributed by atoms with Crippen LogP contribution in [0, 0.1) is 23.2 Å². The lowest BCUT2D eigenvalue weighted by Crippen LogP contribution is -2.50. The minimum absolute atomic E-state index is 0.291. The van der Waals surface area contributed by atoms with Crippen molar-refractivity contribution >= 4 is 5.91 Å². The Bertz CT molecular complexity index is 559. The number of carbonyl (C=O) groups is 1. The molecular weight excluding hydrogens is 336 g/mol. The molecule has 0 radical (unpaired) electrons. The molecule has 4 nitrogen and oxygen atoms in total. The zero-order valence-corrected chi connectivity index (χ0v) is 17.4. The quantitative estimate of drug-likeness (QED) is 0.637. The van der Waals surface area contributed by atoms with Crippen LogP contribution in [-0.2, 0) is 9.53 Å². The monoisotopic (exact) mass is 374 g/mol. The summed E-state index contributed by atoms with van der Waals surface area (Å²) in [6, 6.07) is 0. The van der Waals surface area contributed by atoms with Crippen molar-refractivity contribution in [2.45, 2.75) is 58.8 Å². The lowest BCUT2D eigenvalue weighted by molar-refractivity contribution is -0.135. The number of nitrogens with zero attached hydrogens (tertiary/aromatic N) is 2. The van der Waals surface area contributed by atoms with Crippen molar-refractivity contribution < 1.29 is 9.53 Å². The van der Waals surface area contributed by atoms with E-state index in [-0.39, 0.29) is 0 Å². The van der Waals surface area contributed by atoms with E-state index in [1.165, 1.54) is 25.7 Å². The maximum absolute atomic E-state index is 13.2. The Labute approximate surface area is 165 Å². The van der Waals surface area contributed by atoms with Crippen molar-refractivity contribution in [2.75, 3.05) is 45.9 Å². The zero-order valence-electron chi connectivity index (χ0n) is 17.4. The molecule has 2 atom stereocenters. The lowest BCUT2D eigenvalue weighted by atomic mass is 9.49. The molecule has 4 aliphatic carbocycles. The van der Waals surface area contributed by atoms with E-state index < -0.39 is 0 Å². The SMILES string of the molecule is CC1(C)C2CC=C(CN(CCCN3CCOCC3)C(=O)C3CCCC3)C1C2. The van der Waals surface area contributed by atoms with E-state index in [2.05, 4.69) is 29.7 Å². The Morgan fingerprint density at radius 3 is 2.67 bits per heavy atom. The van der Waals surface area contributed by atoms with Crippen LogP contribution in [0.2, 0.25) is 0 Å². The Balaban J connectivity index is 1.37. The van der Waals surface area contributed by atoms with Gasteiger partial charge in [-0.1, -0.05) is 38.3 Å². The number of ether oxygens (including phenoxy) is 1. The van der Waals surface area contributed by atoms with Crippen molar-refractivity contribution in [2.24, 2.45) is 23.2 Å². The molecule has 2 saturated carbocycles. The van der Waals surface area contributed by atoms with Gasteiger partial charge in [0.2, 0.25) is 5.91 Å². The fraction of sp³-hybridized carbons (Fsp3) is 0.870. The highest BCUT2D eigenvalue weighted by atomic mass is 16.5. The van der Waals surface area contributed by atoms with Crippen molar-refractivity contribution in [3.05, 3.63) is 11.6 Å². The predicted octanol–water partition coefficient (Wildman–Crippen LogP) is 3.72. The van der Waals surface area contributed by atoms with Crippen LogP contribution in [0.25, 0.3) is 0 Å². The van der Waals surface area contributed by atoms with Gasteiger partial charge in [-0.05, 0) is 49.4 Å². The first-order valence-corrected chi connectivity index (χ1v) is 11.3. The van der Waals surface area contributed by atoms with Gasteiger partial charge in [-0.15, -0.1) is 0 Å². The van der Waals surface area contributed by atoms with E-state index in [1.807, 2.05) is 0 Å². The van der Waals surface area contributed by atoms with Crippen LogP contribution in [0.3, 0.4) is 0 Å². The predicted molar refractivity (Wildman–Crippen MR) is 108 cm³/mol. The molecule has 0 aromatic rings. The molecule has 0 N–H and O–H groups in total. The smallest absolute Gasteiger partial charge is 0.225 e. The van der Waals surface area contributed by atoms with Gasteiger partial charge in [0.1, 0.15) is 0 Å². The van der Waals surface area contributed by atoms with Gasteiger partial charge in [0.15, 0.2) is 0 Å². The number of morpholine rings is 1. The fourth-order valence-corrected chi connectivity index (χ4v) is 5.88. The van der Waals surface area contributed by atoms with Gasteiger partial charge in [0.05, 0.1) is 13.2 Å². The van der Waals surface area contributed by atoms with E-state index in [4.69, 9.17) is 4.74 Å². The molecule has 5 aliphatic rings. The topological polar surface area (TPSA) is 32.8 Å². The molecule has 0 aromatic carbocycles. The van der Waals surface area contributed by atoms with Crippen LogP contribution in [0.4, 0.5) is 0 Å². The number of allylic oxidation sites excluding steroid dienone is 1. The molecule has 1 saturated heterocycles. The highest BCUT2D eigenvalue weighted by molar-refractivity contribution is 5.79. The van der Waals surface area contributed by atoms with Gasteiger partial charge in [-0.25, -0.2) is 0 Å². The third-order valence-corrected chi connectivity index (χ3v) is 7.98. The Morgan fingerprint density at radius 1 is 1.26 bits per heavy atom. The van der Waals surface area contributed by atoms with Crippen LogP contribution in [0.15, 0.2) is 11.6 Å². The maximum atomic E-state index is 13.2. The van der Waals surface area contributed by atoms with Crippen molar-refractivity contribution in [1.29, 1.82) is 0 Å². The summed E-state index contributed by atoms with van der Waals surface area (Å²) >= 11 is 0. The van der Waals surface area contributed by atoms with Gasteiger partial charge in [-0.2, -0.15) is 0 Å². The first-order valence-electron chi connectivity index (χ1n) is 11.3. The second-order valence-electron chi connectivity index (χ2n) is 9.87. The van der Waals surface area contributed by atoms with Gasteiger partial charge in [0.25, 0.3) is 0 Å². The molecule has 3 fully saturated rings. The molecule has 0 aromatic heterocycles. The largest absolute Gasteiger partial charge is 0.379 e. The number of carbonyl (C=O) groups excluding carboxylic acids is 1. The second-order valence-corrected chi connectivity index (χ2v) is 9.87. The molecule has 4 heteroatoms. The molecule has 0 spiro atoms. The van der Waals surface area contributed by atoms with E-state index in [0.717, 1.165) is 71.1 Å². The summed E-state index contributed by atoms with van der Waals surface area (Å²) < 4.78 is 5.46. The van der Waals surface area contributed by atoms with Gasteiger partial charge in [-0.3, -0.25) is 9.69 Å². The number of amides is 1. The standard InChI is InChI=1S/C23H38N2O2/c1-23(2)20-9-8-19(21(23)16-20)17-25(22(26)18-6-3-4-7-18)11-5-10-24-12-14-27-15-13-24/h8,18,20-21H,3-7,9-17H2,1-2H3. The minimum Gasteiger partial charge on any atom is -0.379 e. The van der Waals surface area contributed by atoms with Gasteiger partial charge in [0, 0.05) is 38.6 Å². The molecule has 1 amide bonds. The first-order chi connectivity index (χ1) is 13.1. The van der Waals surface area contributed by atoms with Crippen LogP contribution in [0.5, 0.6) is 0 Å². The highest BCUT2D eigenvalue weighted by Gasteiger charge is 2.51. The van der Waals surface area contributed by atoms with Crippen molar-refractivity contribution in [3.63, 3.8) is 0 Å². The van der Waals surface area contributed by atoms with Gasteiger partial charge >= 0.3 is 0 Å². The summed E-state index contributed by atoms with van der Waals surface area (Å²) in [6.45, 7) is 11.6.